The van der Waals surface area contributed by atoms with Gasteiger partial charge in [-0.05, 0) is 37.6 Å². The summed E-state index contributed by atoms with van der Waals surface area (Å²) in [6, 6.07) is 8.66. The Morgan fingerprint density at radius 2 is 2.19 bits per heavy atom. The Labute approximate surface area is 108 Å². The summed E-state index contributed by atoms with van der Waals surface area (Å²) in [5, 5.41) is 4.37. The van der Waals surface area contributed by atoms with Gasteiger partial charge in [0, 0.05) is 21.7 Å². The SMILES string of the molecule is CCCNC(CC)CSc1cccc(Cl)c1. The Bertz CT molecular complexity index is 304. The first-order valence-corrected chi connectivity index (χ1v) is 7.24. The Morgan fingerprint density at radius 3 is 2.81 bits per heavy atom. The van der Waals surface area contributed by atoms with Crippen LogP contribution in [-0.4, -0.2) is 18.3 Å². The molecule has 16 heavy (non-hydrogen) atoms. The normalized spacial score (nSPS) is 12.7. The highest BCUT2D eigenvalue weighted by molar-refractivity contribution is 7.99. The Balaban J connectivity index is 2.37. The second kappa shape index (κ2) is 7.99. The summed E-state index contributed by atoms with van der Waals surface area (Å²) in [6.45, 7) is 5.53. The molecule has 3 heteroatoms. The fourth-order valence-corrected chi connectivity index (χ4v) is 2.81. The van der Waals surface area contributed by atoms with Crippen LogP contribution in [0.3, 0.4) is 0 Å². The molecule has 0 aromatic heterocycles. The molecular formula is C13H20ClNS. The molecule has 1 unspecified atom stereocenters. The summed E-state index contributed by atoms with van der Waals surface area (Å²) in [5.41, 5.74) is 0. The molecular weight excluding hydrogens is 238 g/mol. The predicted octanol–water partition coefficient (Wildman–Crippen LogP) is 4.21. The molecule has 1 nitrogen and oxygen atoms in total. The quantitative estimate of drug-likeness (QED) is 0.735. The average molecular weight is 258 g/mol. The van der Waals surface area contributed by atoms with E-state index < -0.39 is 0 Å². The number of halogens is 1. The van der Waals surface area contributed by atoms with Crippen molar-refractivity contribution in [3.05, 3.63) is 29.3 Å². The Hall–Kier alpha value is -0.180. The van der Waals surface area contributed by atoms with Gasteiger partial charge in [0.15, 0.2) is 0 Å². The van der Waals surface area contributed by atoms with Gasteiger partial charge in [0.1, 0.15) is 0 Å². The third-order valence-corrected chi connectivity index (χ3v) is 3.81. The van der Waals surface area contributed by atoms with Gasteiger partial charge < -0.3 is 5.32 Å². The maximum atomic E-state index is 5.95. The summed E-state index contributed by atoms with van der Waals surface area (Å²) in [6.07, 6.45) is 2.37. The molecule has 1 N–H and O–H groups in total. The summed E-state index contributed by atoms with van der Waals surface area (Å²) in [7, 11) is 0. The van der Waals surface area contributed by atoms with Crippen molar-refractivity contribution in [3.63, 3.8) is 0 Å². The largest absolute Gasteiger partial charge is 0.313 e. The molecule has 1 aromatic carbocycles. The number of hydrogen-bond donors (Lipinski definition) is 1. The van der Waals surface area contributed by atoms with Crippen molar-refractivity contribution < 1.29 is 0 Å². The first kappa shape index (κ1) is 13.9. The van der Waals surface area contributed by atoms with Gasteiger partial charge in [-0.15, -0.1) is 11.8 Å². The number of thioether (sulfide) groups is 1. The molecule has 0 spiro atoms. The monoisotopic (exact) mass is 257 g/mol. The van der Waals surface area contributed by atoms with Gasteiger partial charge in [-0.25, -0.2) is 0 Å². The van der Waals surface area contributed by atoms with Crippen molar-refractivity contribution in [2.75, 3.05) is 12.3 Å². The highest BCUT2D eigenvalue weighted by Crippen LogP contribution is 2.22. The first-order valence-electron chi connectivity index (χ1n) is 5.88. The molecule has 0 saturated carbocycles. The van der Waals surface area contributed by atoms with E-state index in [0.29, 0.717) is 6.04 Å². The molecule has 0 aliphatic carbocycles. The van der Waals surface area contributed by atoms with E-state index in [1.807, 2.05) is 30.0 Å². The lowest BCUT2D eigenvalue weighted by Gasteiger charge is -2.15. The summed E-state index contributed by atoms with van der Waals surface area (Å²) in [4.78, 5) is 1.25. The van der Waals surface area contributed by atoms with E-state index >= 15 is 0 Å². The molecule has 0 radical (unpaired) electrons. The van der Waals surface area contributed by atoms with Crippen molar-refractivity contribution in [1.82, 2.24) is 5.32 Å². The van der Waals surface area contributed by atoms with Crippen molar-refractivity contribution in [1.29, 1.82) is 0 Å². The second-order valence-corrected chi connectivity index (χ2v) is 5.36. The lowest BCUT2D eigenvalue weighted by molar-refractivity contribution is 0.539. The van der Waals surface area contributed by atoms with E-state index in [2.05, 4.69) is 25.2 Å². The second-order valence-electron chi connectivity index (χ2n) is 3.83. The zero-order valence-corrected chi connectivity index (χ0v) is 11.6. The molecule has 0 aliphatic rings. The molecule has 0 fully saturated rings. The smallest absolute Gasteiger partial charge is 0.0417 e. The van der Waals surface area contributed by atoms with E-state index in [1.54, 1.807) is 0 Å². The van der Waals surface area contributed by atoms with Crippen LogP contribution in [0.15, 0.2) is 29.2 Å². The number of rotatable bonds is 7. The number of nitrogens with one attached hydrogen (secondary N) is 1. The lowest BCUT2D eigenvalue weighted by atomic mass is 10.2. The highest BCUT2D eigenvalue weighted by atomic mass is 35.5. The number of hydrogen-bond acceptors (Lipinski definition) is 2. The zero-order valence-electron chi connectivity index (χ0n) is 10.0. The van der Waals surface area contributed by atoms with Crippen LogP contribution in [0.1, 0.15) is 26.7 Å². The third-order valence-electron chi connectivity index (χ3n) is 2.42. The molecule has 1 rings (SSSR count). The zero-order chi connectivity index (χ0) is 11.8. The number of benzene rings is 1. The van der Waals surface area contributed by atoms with Gasteiger partial charge in [0.05, 0.1) is 0 Å². The fourth-order valence-electron chi connectivity index (χ4n) is 1.42. The van der Waals surface area contributed by atoms with Crippen LogP contribution in [0.25, 0.3) is 0 Å². The minimum Gasteiger partial charge on any atom is -0.313 e. The van der Waals surface area contributed by atoms with E-state index in [-0.39, 0.29) is 0 Å². The first-order chi connectivity index (χ1) is 7.76. The molecule has 0 heterocycles. The van der Waals surface area contributed by atoms with Gasteiger partial charge >= 0.3 is 0 Å². The highest BCUT2D eigenvalue weighted by Gasteiger charge is 2.05. The summed E-state index contributed by atoms with van der Waals surface area (Å²) in [5.74, 6) is 1.11. The van der Waals surface area contributed by atoms with Gasteiger partial charge in [-0.3, -0.25) is 0 Å². The van der Waals surface area contributed by atoms with Crippen LogP contribution in [0.5, 0.6) is 0 Å². The van der Waals surface area contributed by atoms with E-state index in [1.165, 1.54) is 17.7 Å². The minimum absolute atomic E-state index is 0.601. The maximum absolute atomic E-state index is 5.95. The molecule has 0 aliphatic heterocycles. The lowest BCUT2D eigenvalue weighted by Crippen LogP contribution is -2.31. The maximum Gasteiger partial charge on any atom is 0.0417 e. The standard InChI is InChI=1S/C13H20ClNS/c1-3-8-15-12(4-2)10-16-13-7-5-6-11(14)9-13/h5-7,9,12,15H,3-4,8,10H2,1-2H3. The molecule has 90 valence electrons. The molecule has 0 saturated heterocycles. The average Bonchev–Trinajstić information content (AvgIpc) is 2.29. The van der Waals surface area contributed by atoms with Crippen LogP contribution < -0.4 is 5.32 Å². The predicted molar refractivity (Wildman–Crippen MR) is 74.5 cm³/mol. The molecule has 1 atom stereocenters. The van der Waals surface area contributed by atoms with Crippen LogP contribution in [-0.2, 0) is 0 Å². The minimum atomic E-state index is 0.601. The van der Waals surface area contributed by atoms with Crippen LogP contribution in [0, 0.1) is 0 Å². The van der Waals surface area contributed by atoms with Crippen molar-refractivity contribution >= 4 is 23.4 Å². The van der Waals surface area contributed by atoms with Crippen molar-refractivity contribution in [2.45, 2.75) is 37.6 Å². The van der Waals surface area contributed by atoms with E-state index in [9.17, 15) is 0 Å². The molecule has 0 bridgehead atoms. The molecule has 1 aromatic rings. The Kier molecular flexibility index (Phi) is 6.93. The van der Waals surface area contributed by atoms with Gasteiger partial charge in [-0.2, -0.15) is 0 Å². The van der Waals surface area contributed by atoms with Crippen molar-refractivity contribution in [2.24, 2.45) is 0 Å². The van der Waals surface area contributed by atoms with Crippen LogP contribution in [0.4, 0.5) is 0 Å². The summed E-state index contributed by atoms with van der Waals surface area (Å²) < 4.78 is 0. The van der Waals surface area contributed by atoms with Gasteiger partial charge in [0.2, 0.25) is 0 Å². The molecule has 0 amide bonds. The fraction of sp³-hybridized carbons (Fsp3) is 0.538. The van der Waals surface area contributed by atoms with Gasteiger partial charge in [0.25, 0.3) is 0 Å². The summed E-state index contributed by atoms with van der Waals surface area (Å²) >= 11 is 7.82. The van der Waals surface area contributed by atoms with Crippen LogP contribution >= 0.6 is 23.4 Å². The topological polar surface area (TPSA) is 12.0 Å². The van der Waals surface area contributed by atoms with E-state index in [4.69, 9.17) is 11.6 Å². The van der Waals surface area contributed by atoms with Crippen molar-refractivity contribution in [3.8, 4) is 0 Å². The Morgan fingerprint density at radius 1 is 1.38 bits per heavy atom. The van der Waals surface area contributed by atoms with Gasteiger partial charge in [-0.1, -0.05) is 31.5 Å². The third kappa shape index (κ3) is 5.24. The van der Waals surface area contributed by atoms with Crippen LogP contribution in [0.2, 0.25) is 5.02 Å². The van der Waals surface area contributed by atoms with E-state index in [0.717, 1.165) is 17.3 Å².